The molecule has 0 saturated carbocycles. The van der Waals surface area contributed by atoms with Gasteiger partial charge in [0.25, 0.3) is 0 Å². The maximum atomic E-state index is 9.28. The molecule has 0 aromatic carbocycles. The number of imidazole rings is 1. The zero-order valence-electron chi connectivity index (χ0n) is 10.2. The lowest BCUT2D eigenvalue weighted by Crippen LogP contribution is -2.29. The highest BCUT2D eigenvalue weighted by atomic mass is 35.5. The second-order valence-electron chi connectivity index (χ2n) is 3.65. The maximum Gasteiger partial charge on any atom is 0.153 e. The molecule has 0 radical (unpaired) electrons. The van der Waals surface area contributed by atoms with Crippen LogP contribution in [0.2, 0.25) is 5.15 Å². The van der Waals surface area contributed by atoms with Crippen molar-refractivity contribution in [3.63, 3.8) is 0 Å². The lowest BCUT2D eigenvalue weighted by Gasteiger charge is -2.24. The van der Waals surface area contributed by atoms with Crippen LogP contribution in [0.4, 0.5) is 0 Å². The van der Waals surface area contributed by atoms with Crippen molar-refractivity contribution in [2.45, 2.75) is 26.8 Å². The summed E-state index contributed by atoms with van der Waals surface area (Å²) in [6.45, 7) is 7.58. The number of rotatable bonds is 4. The van der Waals surface area contributed by atoms with Crippen LogP contribution in [0.5, 0.6) is 0 Å². The molecular formula is C11H17ClN4. The number of aryl methyl sites for hydroxylation is 1. The van der Waals surface area contributed by atoms with Gasteiger partial charge in [0, 0.05) is 7.05 Å². The SMILES string of the molecule is CCN(CC)C(C#N)c1c(Cl)nc(C)n1C. The first-order valence-corrected chi connectivity index (χ1v) is 5.76. The first-order chi connectivity index (χ1) is 7.56. The Morgan fingerprint density at radius 3 is 2.38 bits per heavy atom. The zero-order valence-corrected chi connectivity index (χ0v) is 10.9. The highest BCUT2D eigenvalue weighted by molar-refractivity contribution is 6.30. The highest BCUT2D eigenvalue weighted by Gasteiger charge is 2.24. The Hall–Kier alpha value is -1.05. The van der Waals surface area contributed by atoms with E-state index in [0.29, 0.717) is 5.15 Å². The van der Waals surface area contributed by atoms with Crippen LogP contribution < -0.4 is 0 Å². The molecule has 1 rings (SSSR count). The van der Waals surface area contributed by atoms with Crippen LogP contribution in [-0.2, 0) is 7.05 Å². The molecule has 16 heavy (non-hydrogen) atoms. The summed E-state index contributed by atoms with van der Waals surface area (Å²) in [6.07, 6.45) is 0. The Morgan fingerprint density at radius 2 is 2.06 bits per heavy atom. The van der Waals surface area contributed by atoms with Gasteiger partial charge in [0.05, 0.1) is 11.8 Å². The van der Waals surface area contributed by atoms with Crippen LogP contribution >= 0.6 is 11.6 Å². The largest absolute Gasteiger partial charge is 0.332 e. The molecule has 0 aliphatic rings. The lowest BCUT2D eigenvalue weighted by molar-refractivity contribution is 0.255. The van der Waals surface area contributed by atoms with Crippen molar-refractivity contribution in [1.82, 2.24) is 14.5 Å². The maximum absolute atomic E-state index is 9.28. The van der Waals surface area contributed by atoms with Crippen LogP contribution in [-0.4, -0.2) is 27.5 Å². The molecule has 0 aliphatic carbocycles. The summed E-state index contributed by atoms with van der Waals surface area (Å²) in [5.74, 6) is 0.826. The fourth-order valence-corrected chi connectivity index (χ4v) is 2.14. The fraction of sp³-hybridized carbons (Fsp3) is 0.636. The summed E-state index contributed by atoms with van der Waals surface area (Å²) in [7, 11) is 1.89. The van der Waals surface area contributed by atoms with Crippen molar-refractivity contribution in [1.29, 1.82) is 5.26 Å². The van der Waals surface area contributed by atoms with Gasteiger partial charge in [-0.15, -0.1) is 0 Å². The molecule has 5 heteroatoms. The second-order valence-corrected chi connectivity index (χ2v) is 4.00. The Kier molecular flexibility index (Phi) is 4.34. The van der Waals surface area contributed by atoms with E-state index in [1.165, 1.54) is 0 Å². The van der Waals surface area contributed by atoms with Gasteiger partial charge in [0.2, 0.25) is 0 Å². The number of hydrogen-bond donors (Lipinski definition) is 0. The van der Waals surface area contributed by atoms with E-state index in [1.54, 1.807) is 0 Å². The monoisotopic (exact) mass is 240 g/mol. The summed E-state index contributed by atoms with van der Waals surface area (Å²) in [4.78, 5) is 6.24. The third-order valence-corrected chi connectivity index (χ3v) is 3.16. The summed E-state index contributed by atoms with van der Waals surface area (Å²) in [5, 5.41) is 9.71. The van der Waals surface area contributed by atoms with Gasteiger partial charge in [0.15, 0.2) is 5.15 Å². The minimum atomic E-state index is -0.325. The topological polar surface area (TPSA) is 44.9 Å². The Balaban J connectivity index is 3.19. The van der Waals surface area contributed by atoms with Crippen molar-refractivity contribution >= 4 is 11.6 Å². The number of nitrogens with zero attached hydrogens (tertiary/aromatic N) is 4. The summed E-state index contributed by atoms with van der Waals surface area (Å²) < 4.78 is 1.88. The Morgan fingerprint density at radius 1 is 1.50 bits per heavy atom. The predicted molar refractivity (Wildman–Crippen MR) is 64.2 cm³/mol. The molecule has 1 heterocycles. The molecule has 0 spiro atoms. The number of hydrogen-bond acceptors (Lipinski definition) is 3. The standard InChI is InChI=1S/C11H17ClN4/c1-5-16(6-2)9(7-13)10-11(12)14-8(3)15(10)4/h9H,5-6H2,1-4H3. The van der Waals surface area contributed by atoms with Gasteiger partial charge in [-0.3, -0.25) is 4.90 Å². The van der Waals surface area contributed by atoms with E-state index in [0.717, 1.165) is 24.6 Å². The van der Waals surface area contributed by atoms with E-state index in [9.17, 15) is 5.26 Å². The quantitative estimate of drug-likeness (QED) is 0.811. The predicted octanol–water partition coefficient (Wildman–Crippen LogP) is 2.29. The van der Waals surface area contributed by atoms with Gasteiger partial charge in [-0.2, -0.15) is 5.26 Å². The van der Waals surface area contributed by atoms with Gasteiger partial charge in [-0.1, -0.05) is 25.4 Å². The summed E-state index contributed by atoms with van der Waals surface area (Å²) >= 11 is 6.07. The molecule has 88 valence electrons. The van der Waals surface area contributed by atoms with Gasteiger partial charge >= 0.3 is 0 Å². The minimum absolute atomic E-state index is 0.325. The third kappa shape index (κ3) is 2.21. The van der Waals surface area contributed by atoms with E-state index in [-0.39, 0.29) is 6.04 Å². The average molecular weight is 241 g/mol. The van der Waals surface area contributed by atoms with E-state index >= 15 is 0 Å². The smallest absolute Gasteiger partial charge is 0.153 e. The van der Waals surface area contributed by atoms with Gasteiger partial charge in [-0.25, -0.2) is 4.98 Å². The van der Waals surface area contributed by atoms with Gasteiger partial charge in [-0.05, 0) is 20.0 Å². The number of halogens is 1. The molecule has 1 aromatic heterocycles. The Bertz CT molecular complexity index is 401. The first kappa shape index (κ1) is 13.0. The second kappa shape index (κ2) is 5.33. The molecule has 0 amide bonds. The normalized spacial score (nSPS) is 12.8. The fourth-order valence-electron chi connectivity index (χ4n) is 1.79. The molecule has 0 fully saturated rings. The third-order valence-electron chi connectivity index (χ3n) is 2.88. The molecule has 0 bridgehead atoms. The molecule has 4 nitrogen and oxygen atoms in total. The van der Waals surface area contributed by atoms with Crippen LogP contribution in [0.3, 0.4) is 0 Å². The van der Waals surface area contributed by atoms with Crippen molar-refractivity contribution in [2.24, 2.45) is 7.05 Å². The summed E-state index contributed by atoms with van der Waals surface area (Å²) in [5.41, 5.74) is 0.783. The van der Waals surface area contributed by atoms with E-state index in [4.69, 9.17) is 11.6 Å². The molecule has 0 saturated heterocycles. The van der Waals surface area contributed by atoms with Gasteiger partial charge < -0.3 is 4.57 Å². The van der Waals surface area contributed by atoms with E-state index < -0.39 is 0 Å². The van der Waals surface area contributed by atoms with Crippen LogP contribution in [0.15, 0.2) is 0 Å². The van der Waals surface area contributed by atoms with Crippen LogP contribution in [0, 0.1) is 18.3 Å². The van der Waals surface area contributed by atoms with Crippen LogP contribution in [0.1, 0.15) is 31.4 Å². The summed E-state index contributed by atoms with van der Waals surface area (Å²) in [6, 6.07) is 1.97. The van der Waals surface area contributed by atoms with E-state index in [2.05, 4.69) is 16.0 Å². The molecule has 0 aliphatic heterocycles. The van der Waals surface area contributed by atoms with E-state index in [1.807, 2.05) is 32.4 Å². The zero-order chi connectivity index (χ0) is 12.3. The molecule has 1 unspecified atom stereocenters. The van der Waals surface area contributed by atoms with Crippen molar-refractivity contribution < 1.29 is 0 Å². The van der Waals surface area contributed by atoms with Crippen molar-refractivity contribution in [2.75, 3.05) is 13.1 Å². The number of aromatic nitrogens is 2. The minimum Gasteiger partial charge on any atom is -0.332 e. The highest BCUT2D eigenvalue weighted by Crippen LogP contribution is 2.27. The molecule has 1 atom stereocenters. The van der Waals surface area contributed by atoms with Crippen molar-refractivity contribution in [3.05, 3.63) is 16.7 Å². The molecule has 0 N–H and O–H groups in total. The number of nitriles is 1. The molecule has 1 aromatic rings. The van der Waals surface area contributed by atoms with Gasteiger partial charge in [0.1, 0.15) is 11.9 Å². The van der Waals surface area contributed by atoms with Crippen LogP contribution in [0.25, 0.3) is 0 Å². The lowest BCUT2D eigenvalue weighted by atomic mass is 10.2. The Labute approximate surface area is 101 Å². The molecular weight excluding hydrogens is 224 g/mol. The average Bonchev–Trinajstić information content (AvgIpc) is 2.51. The van der Waals surface area contributed by atoms with Crippen molar-refractivity contribution in [3.8, 4) is 6.07 Å². The first-order valence-electron chi connectivity index (χ1n) is 5.39.